The third-order valence-corrected chi connectivity index (χ3v) is 3.76. The van der Waals surface area contributed by atoms with E-state index in [-0.39, 0.29) is 0 Å². The van der Waals surface area contributed by atoms with Crippen LogP contribution < -0.4 is 0 Å². The first-order valence-electron chi connectivity index (χ1n) is 5.33. The quantitative estimate of drug-likeness (QED) is 0.540. The van der Waals surface area contributed by atoms with Crippen LogP contribution in [0, 0.1) is 5.41 Å². The molecule has 0 saturated heterocycles. The van der Waals surface area contributed by atoms with Crippen LogP contribution in [0.25, 0.3) is 0 Å². The van der Waals surface area contributed by atoms with Crippen molar-refractivity contribution in [1.29, 1.82) is 0 Å². The molecule has 0 bridgehead atoms. The first kappa shape index (κ1) is 8.28. The summed E-state index contributed by atoms with van der Waals surface area (Å²) in [6.07, 6.45) is 11.1. The second-order valence-corrected chi connectivity index (χ2v) is 4.60. The molecular formula is C11H18O. The molecule has 0 aromatic rings. The van der Waals surface area contributed by atoms with E-state index in [2.05, 4.69) is 0 Å². The lowest BCUT2D eigenvalue weighted by molar-refractivity contribution is -0.119. The normalized spacial score (nSPS) is 29.2. The minimum Gasteiger partial charge on any atom is -0.300 e. The Morgan fingerprint density at radius 3 is 2.25 bits per heavy atom. The van der Waals surface area contributed by atoms with E-state index in [0.29, 0.717) is 11.2 Å². The molecule has 0 atom stereocenters. The van der Waals surface area contributed by atoms with E-state index < -0.39 is 0 Å². The molecule has 0 aromatic heterocycles. The van der Waals surface area contributed by atoms with Crippen molar-refractivity contribution in [2.24, 2.45) is 5.41 Å². The number of hydrogen-bond donors (Lipinski definition) is 0. The van der Waals surface area contributed by atoms with Crippen molar-refractivity contribution in [3.63, 3.8) is 0 Å². The van der Waals surface area contributed by atoms with Crippen molar-refractivity contribution in [3.05, 3.63) is 0 Å². The van der Waals surface area contributed by atoms with E-state index in [0.717, 1.165) is 12.8 Å². The zero-order valence-electron chi connectivity index (χ0n) is 7.77. The Bertz CT molecular complexity index is 177. The van der Waals surface area contributed by atoms with Crippen LogP contribution in [0.4, 0.5) is 0 Å². The smallest absolute Gasteiger partial charge is 0.132 e. The Labute approximate surface area is 74.5 Å². The highest BCUT2D eigenvalue weighted by molar-refractivity contribution is 5.78. The maximum absolute atomic E-state index is 11.2. The minimum atomic E-state index is 0.513. The third-order valence-electron chi connectivity index (χ3n) is 3.76. The predicted molar refractivity (Wildman–Crippen MR) is 49.0 cm³/mol. The second-order valence-electron chi connectivity index (χ2n) is 4.60. The molecular weight excluding hydrogens is 148 g/mol. The topological polar surface area (TPSA) is 17.1 Å². The van der Waals surface area contributed by atoms with E-state index in [1.54, 1.807) is 0 Å². The molecule has 0 heterocycles. The van der Waals surface area contributed by atoms with Gasteiger partial charge in [-0.25, -0.2) is 0 Å². The monoisotopic (exact) mass is 166 g/mol. The number of ketones is 1. The van der Waals surface area contributed by atoms with Crippen LogP contribution in [-0.4, -0.2) is 5.78 Å². The van der Waals surface area contributed by atoms with Gasteiger partial charge in [-0.15, -0.1) is 0 Å². The third kappa shape index (κ3) is 1.55. The Balaban J connectivity index is 2.01. The van der Waals surface area contributed by atoms with E-state index >= 15 is 0 Å². The highest BCUT2D eigenvalue weighted by Gasteiger charge is 2.34. The van der Waals surface area contributed by atoms with Crippen molar-refractivity contribution in [2.75, 3.05) is 0 Å². The number of rotatable bonds is 0. The summed E-state index contributed by atoms with van der Waals surface area (Å²) in [6, 6.07) is 0. The van der Waals surface area contributed by atoms with Gasteiger partial charge in [0.05, 0.1) is 0 Å². The van der Waals surface area contributed by atoms with Gasteiger partial charge in [-0.05, 0) is 37.5 Å². The molecule has 2 aliphatic carbocycles. The van der Waals surface area contributed by atoms with Crippen LogP contribution in [0.5, 0.6) is 0 Å². The molecule has 0 amide bonds. The molecule has 0 N–H and O–H groups in total. The molecule has 1 heteroatoms. The standard InChI is InChI=1S/C11H18O/c12-10-4-3-8-11(9-5-10)6-1-2-7-11/h1-9H2. The Morgan fingerprint density at radius 2 is 1.50 bits per heavy atom. The Kier molecular flexibility index (Phi) is 2.20. The van der Waals surface area contributed by atoms with E-state index in [9.17, 15) is 4.79 Å². The summed E-state index contributed by atoms with van der Waals surface area (Å²) in [4.78, 5) is 11.2. The largest absolute Gasteiger partial charge is 0.300 e. The zero-order valence-corrected chi connectivity index (χ0v) is 7.77. The van der Waals surface area contributed by atoms with Crippen molar-refractivity contribution >= 4 is 5.78 Å². The average Bonchev–Trinajstić information content (AvgIpc) is 2.42. The molecule has 68 valence electrons. The maximum Gasteiger partial charge on any atom is 0.132 e. The minimum absolute atomic E-state index is 0.513. The molecule has 0 aliphatic heterocycles. The molecule has 1 nitrogen and oxygen atoms in total. The van der Waals surface area contributed by atoms with Crippen LogP contribution in [-0.2, 0) is 4.79 Å². The molecule has 12 heavy (non-hydrogen) atoms. The van der Waals surface area contributed by atoms with Gasteiger partial charge in [-0.2, -0.15) is 0 Å². The van der Waals surface area contributed by atoms with Gasteiger partial charge in [0.15, 0.2) is 0 Å². The van der Waals surface area contributed by atoms with Gasteiger partial charge in [-0.3, -0.25) is 4.79 Å². The van der Waals surface area contributed by atoms with Crippen LogP contribution >= 0.6 is 0 Å². The Hall–Kier alpha value is -0.330. The van der Waals surface area contributed by atoms with E-state index in [1.807, 2.05) is 0 Å². The molecule has 2 saturated carbocycles. The van der Waals surface area contributed by atoms with Crippen LogP contribution in [0.3, 0.4) is 0 Å². The van der Waals surface area contributed by atoms with Crippen LogP contribution in [0.1, 0.15) is 57.8 Å². The van der Waals surface area contributed by atoms with Gasteiger partial charge < -0.3 is 0 Å². The second kappa shape index (κ2) is 3.20. The van der Waals surface area contributed by atoms with Gasteiger partial charge >= 0.3 is 0 Å². The lowest BCUT2D eigenvalue weighted by Gasteiger charge is -2.26. The fourth-order valence-electron chi connectivity index (χ4n) is 2.94. The fourth-order valence-corrected chi connectivity index (χ4v) is 2.94. The average molecular weight is 166 g/mol. The number of Topliss-reactive ketones (excluding diaryl/α,β-unsaturated/α-hetero) is 1. The molecule has 2 rings (SSSR count). The van der Waals surface area contributed by atoms with Crippen molar-refractivity contribution in [1.82, 2.24) is 0 Å². The molecule has 0 unspecified atom stereocenters. The summed E-state index contributed by atoms with van der Waals surface area (Å²) < 4.78 is 0. The zero-order chi connectivity index (χ0) is 8.44. The maximum atomic E-state index is 11.2. The van der Waals surface area contributed by atoms with Crippen LogP contribution in [0.2, 0.25) is 0 Å². The van der Waals surface area contributed by atoms with Gasteiger partial charge in [0.25, 0.3) is 0 Å². The van der Waals surface area contributed by atoms with Crippen molar-refractivity contribution in [3.8, 4) is 0 Å². The number of carbonyl (C=O) groups is 1. The molecule has 0 radical (unpaired) electrons. The summed E-state index contributed by atoms with van der Waals surface area (Å²) in [5.74, 6) is 0.513. The summed E-state index contributed by atoms with van der Waals surface area (Å²) >= 11 is 0. The highest BCUT2D eigenvalue weighted by atomic mass is 16.1. The summed E-state index contributed by atoms with van der Waals surface area (Å²) in [5, 5.41) is 0. The first-order valence-corrected chi connectivity index (χ1v) is 5.33. The highest BCUT2D eigenvalue weighted by Crippen LogP contribution is 2.47. The lowest BCUT2D eigenvalue weighted by Crippen LogP contribution is -2.14. The number of carbonyl (C=O) groups excluding carboxylic acids is 1. The van der Waals surface area contributed by atoms with Gasteiger partial charge in [-0.1, -0.05) is 12.8 Å². The van der Waals surface area contributed by atoms with Crippen molar-refractivity contribution in [2.45, 2.75) is 57.8 Å². The Morgan fingerprint density at radius 1 is 0.833 bits per heavy atom. The SMILES string of the molecule is O=C1CCCC2(CCCC2)CC1. The summed E-state index contributed by atoms with van der Waals surface area (Å²) in [7, 11) is 0. The first-order chi connectivity index (χ1) is 5.81. The predicted octanol–water partition coefficient (Wildman–Crippen LogP) is 3.08. The van der Waals surface area contributed by atoms with Crippen LogP contribution in [0.15, 0.2) is 0 Å². The fraction of sp³-hybridized carbons (Fsp3) is 0.909. The summed E-state index contributed by atoms with van der Waals surface area (Å²) in [6.45, 7) is 0. The van der Waals surface area contributed by atoms with Gasteiger partial charge in [0, 0.05) is 12.8 Å². The molecule has 2 fully saturated rings. The lowest BCUT2D eigenvalue weighted by atomic mass is 9.79. The molecule has 0 aromatic carbocycles. The molecule has 1 spiro atoms. The van der Waals surface area contributed by atoms with E-state index in [4.69, 9.17) is 0 Å². The van der Waals surface area contributed by atoms with Gasteiger partial charge in [0.2, 0.25) is 0 Å². The number of hydrogen-bond acceptors (Lipinski definition) is 1. The summed E-state index contributed by atoms with van der Waals surface area (Å²) in [5.41, 5.74) is 0.617. The molecule has 2 aliphatic rings. The van der Waals surface area contributed by atoms with Crippen molar-refractivity contribution < 1.29 is 4.79 Å². The van der Waals surface area contributed by atoms with Gasteiger partial charge in [0.1, 0.15) is 5.78 Å². The van der Waals surface area contributed by atoms with E-state index in [1.165, 1.54) is 44.9 Å².